The number of aliphatic hydroxyl groups is 1. The van der Waals surface area contributed by atoms with Crippen molar-refractivity contribution in [1.82, 2.24) is 4.72 Å². The summed E-state index contributed by atoms with van der Waals surface area (Å²) < 4.78 is 39.6. The minimum Gasteiger partial charge on any atom is -0.388 e. The minimum atomic E-state index is -3.77. The van der Waals surface area contributed by atoms with Gasteiger partial charge in [0, 0.05) is 19.4 Å². The minimum absolute atomic E-state index is 0.0204. The van der Waals surface area contributed by atoms with E-state index in [4.69, 9.17) is 0 Å². The summed E-state index contributed by atoms with van der Waals surface area (Å²) in [4.78, 5) is -0.0204. The van der Waals surface area contributed by atoms with Gasteiger partial charge in [-0.2, -0.15) is 0 Å². The van der Waals surface area contributed by atoms with Crippen LogP contribution in [0.4, 0.5) is 4.39 Å². The van der Waals surface area contributed by atoms with Crippen LogP contribution in [0.5, 0.6) is 0 Å². The molecule has 1 aliphatic rings. The Balaban J connectivity index is 1.71. The molecule has 0 aromatic heterocycles. The summed E-state index contributed by atoms with van der Waals surface area (Å²) in [5, 5.41) is 10.6. The summed E-state index contributed by atoms with van der Waals surface area (Å²) in [6.07, 6.45) is 0.824. The number of hydrogen-bond donors (Lipinski definition) is 2. The average molecular weight is 321 g/mol. The molecule has 2 N–H and O–H groups in total. The lowest BCUT2D eigenvalue weighted by atomic mass is 10.0. The Bertz CT molecular complexity index is 762. The van der Waals surface area contributed by atoms with Gasteiger partial charge in [-0.3, -0.25) is 0 Å². The van der Waals surface area contributed by atoms with E-state index in [2.05, 4.69) is 4.72 Å². The van der Waals surface area contributed by atoms with Gasteiger partial charge in [0.05, 0.1) is 10.5 Å². The first-order valence-corrected chi connectivity index (χ1v) is 8.41. The Kier molecular flexibility index (Phi) is 3.76. The third-order valence-corrected chi connectivity index (χ3v) is 5.29. The maximum Gasteiger partial charge on any atom is 0.240 e. The van der Waals surface area contributed by atoms with Crippen molar-refractivity contribution in [1.29, 1.82) is 0 Å². The number of hydrogen-bond acceptors (Lipinski definition) is 3. The fourth-order valence-electron chi connectivity index (χ4n) is 2.73. The molecule has 6 heteroatoms. The first kappa shape index (κ1) is 15.1. The van der Waals surface area contributed by atoms with Gasteiger partial charge in [0.2, 0.25) is 10.0 Å². The fraction of sp³-hybridized carbons (Fsp3) is 0.250. The van der Waals surface area contributed by atoms with E-state index in [9.17, 15) is 17.9 Å². The molecule has 0 unspecified atom stereocenters. The number of nitrogens with one attached hydrogen (secondary N) is 1. The Morgan fingerprint density at radius 1 is 1.05 bits per heavy atom. The lowest BCUT2D eigenvalue weighted by Crippen LogP contribution is -2.43. The van der Waals surface area contributed by atoms with Crippen molar-refractivity contribution in [2.75, 3.05) is 6.54 Å². The van der Waals surface area contributed by atoms with Gasteiger partial charge in [0.15, 0.2) is 0 Å². The molecule has 0 atom stereocenters. The van der Waals surface area contributed by atoms with E-state index < -0.39 is 21.4 Å². The molecular weight excluding hydrogens is 305 g/mol. The molecule has 3 rings (SSSR count). The topological polar surface area (TPSA) is 66.4 Å². The van der Waals surface area contributed by atoms with Crippen molar-refractivity contribution in [3.05, 3.63) is 65.5 Å². The second kappa shape index (κ2) is 5.46. The number of halogens is 1. The van der Waals surface area contributed by atoms with Crippen LogP contribution in [0.2, 0.25) is 0 Å². The molecule has 0 saturated heterocycles. The molecule has 0 aliphatic heterocycles. The Morgan fingerprint density at radius 2 is 1.59 bits per heavy atom. The highest BCUT2D eigenvalue weighted by molar-refractivity contribution is 7.89. The first-order valence-electron chi connectivity index (χ1n) is 6.92. The van der Waals surface area contributed by atoms with Crippen molar-refractivity contribution in [2.45, 2.75) is 23.3 Å². The molecule has 0 saturated carbocycles. The summed E-state index contributed by atoms with van der Waals surface area (Å²) >= 11 is 0. The SMILES string of the molecule is O=S(=O)(NCC1(O)Cc2ccccc2C1)c1ccc(F)cc1. The van der Waals surface area contributed by atoms with Gasteiger partial charge >= 0.3 is 0 Å². The predicted molar refractivity (Wildman–Crippen MR) is 80.4 cm³/mol. The van der Waals surface area contributed by atoms with E-state index in [0.717, 1.165) is 23.3 Å². The van der Waals surface area contributed by atoms with Gasteiger partial charge < -0.3 is 5.11 Å². The Hall–Kier alpha value is -1.76. The zero-order chi connectivity index (χ0) is 15.8. The molecule has 0 amide bonds. The van der Waals surface area contributed by atoms with Crippen LogP contribution in [0.25, 0.3) is 0 Å². The van der Waals surface area contributed by atoms with Crippen LogP contribution < -0.4 is 4.72 Å². The van der Waals surface area contributed by atoms with Crippen LogP contribution in [-0.4, -0.2) is 25.7 Å². The number of sulfonamides is 1. The molecule has 1 aliphatic carbocycles. The Labute approximate surface area is 128 Å². The lowest BCUT2D eigenvalue weighted by molar-refractivity contribution is 0.0567. The number of rotatable bonds is 4. The van der Waals surface area contributed by atoms with E-state index in [1.165, 1.54) is 12.1 Å². The normalized spacial score (nSPS) is 16.5. The molecule has 2 aromatic carbocycles. The predicted octanol–water partition coefficient (Wildman–Crippen LogP) is 1.63. The van der Waals surface area contributed by atoms with Crippen molar-refractivity contribution in [2.24, 2.45) is 0 Å². The highest BCUT2D eigenvalue weighted by Gasteiger charge is 2.36. The van der Waals surface area contributed by atoms with Crippen molar-refractivity contribution in [3.63, 3.8) is 0 Å². The van der Waals surface area contributed by atoms with E-state index in [1.807, 2.05) is 24.3 Å². The fourth-order valence-corrected chi connectivity index (χ4v) is 3.85. The number of fused-ring (bicyclic) bond motifs is 1. The average Bonchev–Trinajstić information content (AvgIpc) is 2.83. The molecule has 2 aromatic rings. The highest BCUT2D eigenvalue weighted by Crippen LogP contribution is 2.29. The van der Waals surface area contributed by atoms with E-state index >= 15 is 0 Å². The molecule has 0 spiro atoms. The molecule has 4 nitrogen and oxygen atoms in total. The third-order valence-electron chi connectivity index (χ3n) is 3.87. The van der Waals surface area contributed by atoms with Gasteiger partial charge in [-0.15, -0.1) is 0 Å². The molecular formula is C16H16FNO3S. The monoisotopic (exact) mass is 321 g/mol. The second-order valence-electron chi connectivity index (χ2n) is 5.63. The van der Waals surface area contributed by atoms with Crippen molar-refractivity contribution >= 4 is 10.0 Å². The molecule has 0 radical (unpaired) electrons. The molecule has 116 valence electrons. The largest absolute Gasteiger partial charge is 0.388 e. The third kappa shape index (κ3) is 3.04. The van der Waals surface area contributed by atoms with E-state index in [1.54, 1.807) is 0 Å². The van der Waals surface area contributed by atoms with Crippen LogP contribution in [0.1, 0.15) is 11.1 Å². The smallest absolute Gasteiger partial charge is 0.240 e. The summed E-state index contributed by atoms with van der Waals surface area (Å²) in [7, 11) is -3.77. The van der Waals surface area contributed by atoms with Gasteiger partial charge in [-0.1, -0.05) is 24.3 Å². The molecule has 0 bridgehead atoms. The van der Waals surface area contributed by atoms with E-state index in [-0.39, 0.29) is 11.4 Å². The quantitative estimate of drug-likeness (QED) is 0.899. The zero-order valence-electron chi connectivity index (χ0n) is 11.8. The summed E-state index contributed by atoms with van der Waals surface area (Å²) in [6.45, 7) is -0.0820. The van der Waals surface area contributed by atoms with Crippen molar-refractivity contribution in [3.8, 4) is 0 Å². The van der Waals surface area contributed by atoms with Crippen LogP contribution in [0.3, 0.4) is 0 Å². The Morgan fingerprint density at radius 3 is 2.14 bits per heavy atom. The second-order valence-corrected chi connectivity index (χ2v) is 7.39. The van der Waals surface area contributed by atoms with Crippen LogP contribution in [-0.2, 0) is 22.9 Å². The van der Waals surface area contributed by atoms with Crippen LogP contribution in [0.15, 0.2) is 53.4 Å². The standard InChI is InChI=1S/C16H16FNO3S/c17-14-5-7-15(8-6-14)22(20,21)18-11-16(19)9-12-3-1-2-4-13(12)10-16/h1-8,18-19H,9-11H2. The van der Waals surface area contributed by atoms with Gasteiger partial charge in [0.1, 0.15) is 5.82 Å². The van der Waals surface area contributed by atoms with Crippen LogP contribution in [0, 0.1) is 5.82 Å². The van der Waals surface area contributed by atoms with Gasteiger partial charge in [0.25, 0.3) is 0 Å². The van der Waals surface area contributed by atoms with Gasteiger partial charge in [-0.05, 0) is 35.4 Å². The maximum atomic E-state index is 12.9. The zero-order valence-corrected chi connectivity index (χ0v) is 12.6. The van der Waals surface area contributed by atoms with Gasteiger partial charge in [-0.25, -0.2) is 17.5 Å². The van der Waals surface area contributed by atoms with Crippen LogP contribution >= 0.6 is 0 Å². The summed E-state index contributed by atoms with van der Waals surface area (Å²) in [5.41, 5.74) is 0.938. The first-order chi connectivity index (χ1) is 10.4. The lowest BCUT2D eigenvalue weighted by Gasteiger charge is -2.22. The molecule has 22 heavy (non-hydrogen) atoms. The summed E-state index contributed by atoms with van der Waals surface area (Å²) in [5.74, 6) is -0.496. The maximum absolute atomic E-state index is 12.9. The summed E-state index contributed by atoms with van der Waals surface area (Å²) in [6, 6.07) is 12.2. The highest BCUT2D eigenvalue weighted by atomic mass is 32.2. The van der Waals surface area contributed by atoms with Crippen molar-refractivity contribution < 1.29 is 17.9 Å². The number of benzene rings is 2. The molecule has 0 fully saturated rings. The molecule has 0 heterocycles. The van der Waals surface area contributed by atoms with E-state index in [0.29, 0.717) is 12.8 Å².